The quantitative estimate of drug-likeness (QED) is 0.719. The number of rotatable bonds is 3. The Balaban J connectivity index is 2.20. The molecule has 0 fully saturated rings. The van der Waals surface area contributed by atoms with E-state index in [4.69, 9.17) is 4.74 Å². The normalized spacial score (nSPS) is 11.9. The number of aromatic nitrogens is 4. The molecule has 0 saturated heterocycles. The first-order valence-electron chi connectivity index (χ1n) is 3.94. The van der Waals surface area contributed by atoms with Gasteiger partial charge in [0.05, 0.1) is 12.2 Å². The molecule has 0 spiro atoms. The zero-order chi connectivity index (χ0) is 9.03. The molecular weight excluding hydrogens is 156 g/mol. The van der Waals surface area contributed by atoms with E-state index in [0.29, 0.717) is 18.9 Å². The van der Waals surface area contributed by atoms with Crippen LogP contribution in [0, 0.1) is 0 Å². The Labute approximate surface area is 71.5 Å². The molecule has 0 unspecified atom stereocenters. The van der Waals surface area contributed by atoms with Gasteiger partial charge in [-0.15, -0.1) is 10.2 Å². The van der Waals surface area contributed by atoms with E-state index in [0.717, 1.165) is 0 Å². The molecule has 5 nitrogen and oxygen atoms in total. The van der Waals surface area contributed by atoms with Crippen LogP contribution in [-0.2, 0) is 11.2 Å². The third-order valence-electron chi connectivity index (χ3n) is 1.25. The lowest BCUT2D eigenvalue weighted by molar-refractivity contribution is -0.00158. The van der Waals surface area contributed by atoms with Gasteiger partial charge in [0.2, 0.25) is 0 Å². The van der Waals surface area contributed by atoms with Gasteiger partial charge in [-0.3, -0.25) is 0 Å². The van der Waals surface area contributed by atoms with E-state index >= 15 is 0 Å². The van der Waals surface area contributed by atoms with E-state index in [9.17, 15) is 0 Å². The number of nitrogens with zero attached hydrogens (tertiary/aromatic N) is 3. The third kappa shape index (κ3) is 3.43. The van der Waals surface area contributed by atoms with E-state index in [1.54, 1.807) is 0 Å². The standard InChI is InChI=1S/C7H14N4O/c1-7(2,3)12-5-4-6-8-10-11-9-6/h4-5H2,1-3H3,(H,8,9,10,11). The SMILES string of the molecule is CC(C)(C)OCCc1nn[nH]n1. The molecule has 0 bridgehead atoms. The maximum absolute atomic E-state index is 5.48. The van der Waals surface area contributed by atoms with E-state index in [1.807, 2.05) is 20.8 Å². The fourth-order valence-corrected chi connectivity index (χ4v) is 0.737. The van der Waals surface area contributed by atoms with Crippen LogP contribution < -0.4 is 0 Å². The summed E-state index contributed by atoms with van der Waals surface area (Å²) in [6.07, 6.45) is 0.702. The molecule has 1 aromatic heterocycles. The summed E-state index contributed by atoms with van der Waals surface area (Å²) < 4.78 is 5.48. The van der Waals surface area contributed by atoms with Crippen molar-refractivity contribution >= 4 is 0 Å². The number of nitrogens with one attached hydrogen (secondary N) is 1. The van der Waals surface area contributed by atoms with Crippen molar-refractivity contribution in [3.05, 3.63) is 5.82 Å². The fourth-order valence-electron chi connectivity index (χ4n) is 0.737. The van der Waals surface area contributed by atoms with E-state index in [2.05, 4.69) is 20.6 Å². The van der Waals surface area contributed by atoms with Crippen LogP contribution >= 0.6 is 0 Å². The molecule has 1 N–H and O–H groups in total. The molecule has 0 atom stereocenters. The van der Waals surface area contributed by atoms with Gasteiger partial charge in [-0.1, -0.05) is 5.21 Å². The monoisotopic (exact) mass is 170 g/mol. The average molecular weight is 170 g/mol. The van der Waals surface area contributed by atoms with E-state index in [1.165, 1.54) is 0 Å². The van der Waals surface area contributed by atoms with Crippen molar-refractivity contribution in [2.45, 2.75) is 32.8 Å². The maximum atomic E-state index is 5.48. The van der Waals surface area contributed by atoms with Crippen LogP contribution in [0.25, 0.3) is 0 Å². The zero-order valence-electron chi connectivity index (χ0n) is 7.66. The topological polar surface area (TPSA) is 63.7 Å². The minimum Gasteiger partial charge on any atom is -0.375 e. The van der Waals surface area contributed by atoms with Crippen LogP contribution in [0.4, 0.5) is 0 Å². The number of hydrogen-bond acceptors (Lipinski definition) is 4. The molecule has 0 radical (unpaired) electrons. The molecule has 0 aliphatic heterocycles. The first kappa shape index (κ1) is 9.12. The molecule has 0 aliphatic carbocycles. The van der Waals surface area contributed by atoms with Gasteiger partial charge >= 0.3 is 0 Å². The van der Waals surface area contributed by atoms with Crippen LogP contribution in [0.5, 0.6) is 0 Å². The minimum absolute atomic E-state index is 0.0935. The van der Waals surface area contributed by atoms with Crippen molar-refractivity contribution in [2.75, 3.05) is 6.61 Å². The average Bonchev–Trinajstić information content (AvgIpc) is 2.36. The molecular formula is C7H14N4O. The zero-order valence-corrected chi connectivity index (χ0v) is 7.66. The van der Waals surface area contributed by atoms with Crippen LogP contribution in [0.15, 0.2) is 0 Å². The highest BCUT2D eigenvalue weighted by atomic mass is 16.5. The van der Waals surface area contributed by atoms with Crippen molar-refractivity contribution < 1.29 is 4.74 Å². The highest BCUT2D eigenvalue weighted by molar-refractivity contribution is 4.75. The minimum atomic E-state index is -0.0935. The molecule has 1 heterocycles. The summed E-state index contributed by atoms with van der Waals surface area (Å²) in [5, 5.41) is 13.5. The lowest BCUT2D eigenvalue weighted by atomic mass is 10.2. The van der Waals surface area contributed by atoms with Crippen molar-refractivity contribution in [2.24, 2.45) is 0 Å². The molecule has 68 valence electrons. The number of aromatic amines is 1. The second-order valence-electron chi connectivity index (χ2n) is 3.54. The molecule has 0 saturated carbocycles. The molecule has 12 heavy (non-hydrogen) atoms. The number of ether oxygens (including phenoxy) is 1. The summed E-state index contributed by atoms with van der Waals surface area (Å²) in [7, 11) is 0. The van der Waals surface area contributed by atoms with Crippen LogP contribution in [-0.4, -0.2) is 32.8 Å². The fraction of sp³-hybridized carbons (Fsp3) is 0.857. The molecule has 1 aromatic rings. The lowest BCUT2D eigenvalue weighted by Gasteiger charge is -2.18. The Hall–Kier alpha value is -0.970. The van der Waals surface area contributed by atoms with Gasteiger partial charge in [-0.05, 0) is 20.8 Å². The van der Waals surface area contributed by atoms with Crippen LogP contribution in [0.2, 0.25) is 0 Å². The predicted octanol–water partition coefficient (Wildman–Crippen LogP) is 0.557. The van der Waals surface area contributed by atoms with Gasteiger partial charge in [0.1, 0.15) is 0 Å². The Morgan fingerprint density at radius 2 is 2.17 bits per heavy atom. The Bertz CT molecular complexity index is 214. The molecule has 5 heteroatoms. The van der Waals surface area contributed by atoms with Gasteiger partial charge in [0, 0.05) is 6.42 Å². The summed E-state index contributed by atoms with van der Waals surface area (Å²) in [5.41, 5.74) is -0.0935. The molecule has 1 rings (SSSR count). The van der Waals surface area contributed by atoms with Crippen LogP contribution in [0.3, 0.4) is 0 Å². The first-order chi connectivity index (χ1) is 5.58. The van der Waals surface area contributed by atoms with Gasteiger partial charge in [-0.2, -0.15) is 5.21 Å². The maximum Gasteiger partial charge on any atom is 0.176 e. The summed E-state index contributed by atoms with van der Waals surface area (Å²) in [5.74, 6) is 0.694. The van der Waals surface area contributed by atoms with E-state index in [-0.39, 0.29) is 5.60 Å². The molecule has 0 amide bonds. The van der Waals surface area contributed by atoms with Gasteiger partial charge in [-0.25, -0.2) is 0 Å². The predicted molar refractivity (Wildman–Crippen MR) is 43.6 cm³/mol. The Morgan fingerprint density at radius 3 is 2.67 bits per heavy atom. The lowest BCUT2D eigenvalue weighted by Crippen LogP contribution is -2.20. The number of tetrazole rings is 1. The largest absolute Gasteiger partial charge is 0.375 e. The highest BCUT2D eigenvalue weighted by Gasteiger charge is 2.09. The summed E-state index contributed by atoms with van der Waals surface area (Å²) >= 11 is 0. The third-order valence-corrected chi connectivity index (χ3v) is 1.25. The second kappa shape index (κ2) is 3.62. The second-order valence-corrected chi connectivity index (χ2v) is 3.54. The number of H-pyrrole nitrogens is 1. The first-order valence-corrected chi connectivity index (χ1v) is 3.94. The van der Waals surface area contributed by atoms with Crippen molar-refractivity contribution in [3.8, 4) is 0 Å². The molecule has 0 aliphatic rings. The van der Waals surface area contributed by atoms with Crippen molar-refractivity contribution in [1.82, 2.24) is 20.6 Å². The summed E-state index contributed by atoms with van der Waals surface area (Å²) in [6.45, 7) is 6.68. The smallest absolute Gasteiger partial charge is 0.176 e. The van der Waals surface area contributed by atoms with Crippen molar-refractivity contribution in [3.63, 3.8) is 0 Å². The Kier molecular flexibility index (Phi) is 2.75. The van der Waals surface area contributed by atoms with Crippen LogP contribution in [0.1, 0.15) is 26.6 Å². The van der Waals surface area contributed by atoms with Gasteiger partial charge in [0.15, 0.2) is 5.82 Å². The van der Waals surface area contributed by atoms with Gasteiger partial charge in [0.25, 0.3) is 0 Å². The van der Waals surface area contributed by atoms with E-state index < -0.39 is 0 Å². The Morgan fingerprint density at radius 1 is 1.42 bits per heavy atom. The van der Waals surface area contributed by atoms with Gasteiger partial charge < -0.3 is 4.74 Å². The van der Waals surface area contributed by atoms with Crippen molar-refractivity contribution in [1.29, 1.82) is 0 Å². The molecule has 0 aromatic carbocycles. The summed E-state index contributed by atoms with van der Waals surface area (Å²) in [4.78, 5) is 0. The highest BCUT2D eigenvalue weighted by Crippen LogP contribution is 2.06. The summed E-state index contributed by atoms with van der Waals surface area (Å²) in [6, 6.07) is 0. The number of hydrogen-bond donors (Lipinski definition) is 1.